The Morgan fingerprint density at radius 2 is 1.74 bits per heavy atom. The first-order chi connectivity index (χ1) is 11.1. The van der Waals surface area contributed by atoms with Gasteiger partial charge in [0.25, 0.3) is 5.91 Å². The van der Waals surface area contributed by atoms with Crippen LogP contribution in [0.1, 0.15) is 28.8 Å². The summed E-state index contributed by atoms with van der Waals surface area (Å²) >= 11 is 0. The van der Waals surface area contributed by atoms with Crippen LogP contribution in [0.15, 0.2) is 48.5 Å². The number of nitrogen functional groups attached to an aromatic ring is 1. The molecule has 0 bridgehead atoms. The van der Waals surface area contributed by atoms with E-state index in [0.29, 0.717) is 29.8 Å². The van der Waals surface area contributed by atoms with Crippen LogP contribution in [0.25, 0.3) is 0 Å². The first-order valence-corrected chi connectivity index (χ1v) is 7.28. The molecule has 0 saturated carbocycles. The summed E-state index contributed by atoms with van der Waals surface area (Å²) in [5, 5.41) is 11.2. The Labute approximate surface area is 134 Å². The average Bonchev–Trinajstić information content (AvgIpc) is 2.56. The predicted octanol–water partition coefficient (Wildman–Crippen LogP) is 2.35. The van der Waals surface area contributed by atoms with E-state index in [1.165, 1.54) is 0 Å². The Hall–Kier alpha value is -2.86. The quantitative estimate of drug-likeness (QED) is 0.373. The molecule has 23 heavy (non-hydrogen) atoms. The van der Waals surface area contributed by atoms with Crippen molar-refractivity contribution in [3.05, 3.63) is 59.7 Å². The van der Waals surface area contributed by atoms with Gasteiger partial charge in [-0.2, -0.15) is 0 Å². The maximum absolute atomic E-state index is 12.1. The third kappa shape index (κ3) is 4.82. The molecular formula is C17H19N3O3. The lowest BCUT2D eigenvalue weighted by Crippen LogP contribution is -2.18. The molecule has 0 fully saturated rings. The summed E-state index contributed by atoms with van der Waals surface area (Å²) in [6.07, 6.45) is 1.62. The van der Waals surface area contributed by atoms with Gasteiger partial charge in [-0.15, -0.1) is 0 Å². The van der Waals surface area contributed by atoms with Crippen LogP contribution < -0.4 is 16.5 Å². The number of amides is 2. The Balaban J connectivity index is 1.91. The van der Waals surface area contributed by atoms with Gasteiger partial charge in [-0.1, -0.05) is 24.3 Å². The number of para-hydroxylation sites is 1. The number of hydroxylamine groups is 1. The molecule has 0 atom stereocenters. The molecule has 2 aromatic rings. The van der Waals surface area contributed by atoms with Crippen molar-refractivity contribution in [3.8, 4) is 0 Å². The van der Waals surface area contributed by atoms with E-state index in [9.17, 15) is 9.59 Å². The smallest absolute Gasteiger partial charge is 0.257 e. The van der Waals surface area contributed by atoms with Gasteiger partial charge in [-0.3, -0.25) is 14.8 Å². The Morgan fingerprint density at radius 3 is 2.39 bits per heavy atom. The molecule has 0 radical (unpaired) electrons. The number of anilines is 2. The maximum Gasteiger partial charge on any atom is 0.257 e. The van der Waals surface area contributed by atoms with Crippen LogP contribution in [0, 0.1) is 0 Å². The molecule has 120 valence electrons. The summed E-state index contributed by atoms with van der Waals surface area (Å²) in [4.78, 5) is 23.1. The van der Waals surface area contributed by atoms with E-state index in [1.807, 2.05) is 12.1 Å². The van der Waals surface area contributed by atoms with Crippen LogP contribution in [0.5, 0.6) is 0 Å². The lowest BCUT2D eigenvalue weighted by atomic mass is 10.1. The average molecular weight is 313 g/mol. The van der Waals surface area contributed by atoms with E-state index in [4.69, 9.17) is 10.9 Å². The highest BCUT2D eigenvalue weighted by atomic mass is 16.5. The summed E-state index contributed by atoms with van der Waals surface area (Å²) in [5.74, 6) is -0.648. The van der Waals surface area contributed by atoms with Gasteiger partial charge in [0, 0.05) is 17.8 Å². The van der Waals surface area contributed by atoms with Gasteiger partial charge < -0.3 is 11.1 Å². The molecular weight excluding hydrogens is 294 g/mol. The maximum atomic E-state index is 12.1. The van der Waals surface area contributed by atoms with Gasteiger partial charge >= 0.3 is 0 Å². The van der Waals surface area contributed by atoms with E-state index < -0.39 is 5.91 Å². The third-order valence-corrected chi connectivity index (χ3v) is 3.41. The van der Waals surface area contributed by atoms with Crippen molar-refractivity contribution in [2.24, 2.45) is 0 Å². The number of nitrogens with one attached hydrogen (secondary N) is 2. The molecule has 0 heterocycles. The minimum absolute atomic E-state index is 0.254. The van der Waals surface area contributed by atoms with Gasteiger partial charge in [0.1, 0.15) is 0 Å². The van der Waals surface area contributed by atoms with Gasteiger partial charge in [0.05, 0.1) is 5.56 Å². The number of carbonyl (C=O) groups is 2. The van der Waals surface area contributed by atoms with Crippen molar-refractivity contribution >= 4 is 23.2 Å². The molecule has 2 aromatic carbocycles. The number of rotatable bonds is 6. The lowest BCUT2D eigenvalue weighted by Gasteiger charge is -2.08. The molecule has 0 saturated heterocycles. The fourth-order valence-corrected chi connectivity index (χ4v) is 2.17. The molecule has 2 amide bonds. The number of carbonyl (C=O) groups excluding carboxylic acids is 2. The summed E-state index contributed by atoms with van der Waals surface area (Å²) in [6, 6.07) is 14.3. The largest absolute Gasteiger partial charge is 0.398 e. The molecule has 0 aliphatic rings. The Bertz CT molecular complexity index is 684. The number of nitrogens with two attached hydrogens (primary N) is 1. The van der Waals surface area contributed by atoms with Gasteiger partial charge in [0.2, 0.25) is 5.91 Å². The number of benzene rings is 2. The fraction of sp³-hybridized carbons (Fsp3) is 0.176. The van der Waals surface area contributed by atoms with Crippen molar-refractivity contribution in [3.63, 3.8) is 0 Å². The molecule has 0 aromatic heterocycles. The van der Waals surface area contributed by atoms with Crippen LogP contribution in [-0.2, 0) is 11.2 Å². The van der Waals surface area contributed by atoms with Crippen LogP contribution in [0.3, 0.4) is 0 Å². The summed E-state index contributed by atoms with van der Waals surface area (Å²) < 4.78 is 0. The number of hydrogen-bond donors (Lipinski definition) is 4. The van der Waals surface area contributed by atoms with E-state index in [0.717, 1.165) is 5.56 Å². The number of aryl methyl sites for hydroxylation is 1. The zero-order valence-corrected chi connectivity index (χ0v) is 12.6. The normalized spacial score (nSPS) is 10.1. The fourth-order valence-electron chi connectivity index (χ4n) is 2.17. The van der Waals surface area contributed by atoms with Gasteiger partial charge in [0.15, 0.2) is 0 Å². The van der Waals surface area contributed by atoms with E-state index >= 15 is 0 Å². The standard InChI is InChI=1S/C17H19N3O3/c18-15-6-2-1-5-14(15)17(22)19-13-10-8-12(9-11-13)4-3-7-16(21)20-23/h1-2,5-6,8-11,23H,3-4,7,18H2,(H,19,22)(H,20,21). The van der Waals surface area contributed by atoms with Crippen molar-refractivity contribution < 1.29 is 14.8 Å². The van der Waals surface area contributed by atoms with Crippen molar-refractivity contribution in [2.45, 2.75) is 19.3 Å². The highest BCUT2D eigenvalue weighted by Gasteiger charge is 2.09. The van der Waals surface area contributed by atoms with Crippen LogP contribution in [0.2, 0.25) is 0 Å². The van der Waals surface area contributed by atoms with Crippen LogP contribution in [-0.4, -0.2) is 17.0 Å². The molecule has 0 spiro atoms. The molecule has 2 rings (SSSR count). The summed E-state index contributed by atoms with van der Waals surface area (Å²) in [5.41, 5.74) is 9.98. The monoisotopic (exact) mass is 313 g/mol. The second kappa shape index (κ2) is 7.95. The Morgan fingerprint density at radius 1 is 1.04 bits per heavy atom. The van der Waals surface area contributed by atoms with Gasteiger partial charge in [-0.25, -0.2) is 5.48 Å². The second-order valence-corrected chi connectivity index (χ2v) is 5.13. The first kappa shape index (κ1) is 16.5. The van der Waals surface area contributed by atoms with Crippen LogP contribution in [0.4, 0.5) is 11.4 Å². The molecule has 0 unspecified atom stereocenters. The highest BCUT2D eigenvalue weighted by Crippen LogP contribution is 2.16. The zero-order valence-electron chi connectivity index (χ0n) is 12.6. The SMILES string of the molecule is Nc1ccccc1C(=O)Nc1ccc(CCCC(=O)NO)cc1. The molecule has 0 aliphatic heterocycles. The van der Waals surface area contributed by atoms with Gasteiger partial charge in [-0.05, 0) is 42.7 Å². The minimum atomic E-state index is -0.394. The third-order valence-electron chi connectivity index (χ3n) is 3.41. The summed E-state index contributed by atoms with van der Waals surface area (Å²) in [7, 11) is 0. The predicted molar refractivity (Wildman–Crippen MR) is 88.1 cm³/mol. The first-order valence-electron chi connectivity index (χ1n) is 7.28. The number of hydrogen-bond acceptors (Lipinski definition) is 4. The lowest BCUT2D eigenvalue weighted by molar-refractivity contribution is -0.129. The minimum Gasteiger partial charge on any atom is -0.398 e. The second-order valence-electron chi connectivity index (χ2n) is 5.13. The zero-order chi connectivity index (χ0) is 16.7. The summed E-state index contributed by atoms with van der Waals surface area (Å²) in [6.45, 7) is 0. The van der Waals surface area contributed by atoms with Crippen LogP contribution >= 0.6 is 0 Å². The van der Waals surface area contributed by atoms with Crippen molar-refractivity contribution in [2.75, 3.05) is 11.1 Å². The highest BCUT2D eigenvalue weighted by molar-refractivity contribution is 6.07. The topological polar surface area (TPSA) is 104 Å². The van der Waals surface area contributed by atoms with E-state index in [1.54, 1.807) is 41.9 Å². The Kier molecular flexibility index (Phi) is 5.71. The van der Waals surface area contributed by atoms with E-state index in [2.05, 4.69) is 5.32 Å². The molecule has 6 heteroatoms. The van der Waals surface area contributed by atoms with Crippen molar-refractivity contribution in [1.29, 1.82) is 0 Å². The molecule has 0 aliphatic carbocycles. The molecule has 5 N–H and O–H groups in total. The molecule has 6 nitrogen and oxygen atoms in total. The van der Waals surface area contributed by atoms with Crippen molar-refractivity contribution in [1.82, 2.24) is 5.48 Å². The van der Waals surface area contributed by atoms with E-state index in [-0.39, 0.29) is 12.3 Å².